The predicted molar refractivity (Wildman–Crippen MR) is 103 cm³/mol. The van der Waals surface area contributed by atoms with Crippen LogP contribution in [0.1, 0.15) is 43.5 Å². The van der Waals surface area contributed by atoms with Crippen molar-refractivity contribution in [1.82, 2.24) is 4.90 Å². The molecule has 1 amide bonds. The van der Waals surface area contributed by atoms with Crippen LogP contribution in [-0.4, -0.2) is 35.5 Å². The molecule has 2 atom stereocenters. The molecule has 0 saturated carbocycles. The summed E-state index contributed by atoms with van der Waals surface area (Å²) in [5.41, 5.74) is 0.357. The van der Waals surface area contributed by atoms with Crippen LogP contribution in [0, 0.1) is 0 Å². The molecule has 1 fully saturated rings. The summed E-state index contributed by atoms with van der Waals surface area (Å²) in [5, 5.41) is 0. The van der Waals surface area contributed by atoms with Crippen molar-refractivity contribution in [2.75, 3.05) is 6.61 Å². The molecule has 0 bridgehead atoms. The SMILES string of the molecule is C[C@@H]1CCC[C@H](C)N1C(=O)COC(=O)c1cccc(Oc2ccccc2)c1. The minimum atomic E-state index is -0.529. The summed E-state index contributed by atoms with van der Waals surface area (Å²) in [4.78, 5) is 26.7. The average molecular weight is 367 g/mol. The van der Waals surface area contributed by atoms with Crippen LogP contribution in [0.3, 0.4) is 0 Å². The molecule has 0 spiro atoms. The molecule has 1 heterocycles. The van der Waals surface area contributed by atoms with E-state index in [4.69, 9.17) is 9.47 Å². The Balaban J connectivity index is 1.59. The summed E-state index contributed by atoms with van der Waals surface area (Å²) in [7, 11) is 0. The van der Waals surface area contributed by atoms with Crippen LogP contribution in [0.2, 0.25) is 0 Å². The molecule has 142 valence electrons. The van der Waals surface area contributed by atoms with Crippen LogP contribution < -0.4 is 4.74 Å². The van der Waals surface area contributed by atoms with E-state index in [9.17, 15) is 9.59 Å². The van der Waals surface area contributed by atoms with Crippen LogP contribution in [0.5, 0.6) is 11.5 Å². The van der Waals surface area contributed by atoms with Gasteiger partial charge in [-0.1, -0.05) is 24.3 Å². The largest absolute Gasteiger partial charge is 0.457 e. The van der Waals surface area contributed by atoms with Gasteiger partial charge in [-0.05, 0) is 63.4 Å². The van der Waals surface area contributed by atoms with Gasteiger partial charge < -0.3 is 14.4 Å². The molecule has 2 aromatic rings. The smallest absolute Gasteiger partial charge is 0.338 e. The van der Waals surface area contributed by atoms with Crippen molar-refractivity contribution in [3.63, 3.8) is 0 Å². The van der Waals surface area contributed by atoms with Gasteiger partial charge in [0.1, 0.15) is 11.5 Å². The molecule has 0 aromatic heterocycles. The fourth-order valence-electron chi connectivity index (χ4n) is 3.51. The lowest BCUT2D eigenvalue weighted by Crippen LogP contribution is -2.49. The molecular weight excluding hydrogens is 342 g/mol. The molecule has 3 rings (SSSR count). The first kappa shape index (κ1) is 19.0. The second-order valence-corrected chi connectivity index (χ2v) is 6.95. The maximum absolute atomic E-state index is 12.5. The van der Waals surface area contributed by atoms with E-state index in [0.29, 0.717) is 17.1 Å². The molecule has 2 aromatic carbocycles. The van der Waals surface area contributed by atoms with E-state index >= 15 is 0 Å². The summed E-state index contributed by atoms with van der Waals surface area (Å²) >= 11 is 0. The lowest BCUT2D eigenvalue weighted by Gasteiger charge is -2.38. The number of nitrogens with zero attached hydrogens (tertiary/aromatic N) is 1. The molecule has 0 aliphatic carbocycles. The van der Waals surface area contributed by atoms with Gasteiger partial charge >= 0.3 is 5.97 Å². The molecule has 0 N–H and O–H groups in total. The lowest BCUT2D eigenvalue weighted by atomic mass is 9.97. The Labute approximate surface area is 159 Å². The summed E-state index contributed by atoms with van der Waals surface area (Å²) in [6.45, 7) is 3.84. The van der Waals surface area contributed by atoms with E-state index in [0.717, 1.165) is 19.3 Å². The fourth-order valence-corrected chi connectivity index (χ4v) is 3.51. The van der Waals surface area contributed by atoms with E-state index in [2.05, 4.69) is 0 Å². The molecule has 1 aliphatic heterocycles. The maximum Gasteiger partial charge on any atom is 0.338 e. The first-order valence-corrected chi connectivity index (χ1v) is 9.36. The number of rotatable bonds is 5. The summed E-state index contributed by atoms with van der Waals surface area (Å²) in [6.07, 6.45) is 3.10. The molecule has 27 heavy (non-hydrogen) atoms. The number of piperidine rings is 1. The first-order valence-electron chi connectivity index (χ1n) is 9.36. The van der Waals surface area contributed by atoms with Gasteiger partial charge in [0.2, 0.25) is 0 Å². The normalized spacial score (nSPS) is 19.4. The Kier molecular flexibility index (Phi) is 6.12. The molecule has 1 saturated heterocycles. The summed E-state index contributed by atoms with van der Waals surface area (Å²) < 4.78 is 11.0. The van der Waals surface area contributed by atoms with Crippen LogP contribution in [0.25, 0.3) is 0 Å². The molecule has 1 aliphatic rings. The van der Waals surface area contributed by atoms with Crippen LogP contribution in [0.15, 0.2) is 54.6 Å². The topological polar surface area (TPSA) is 55.8 Å². The average Bonchev–Trinajstić information content (AvgIpc) is 2.67. The van der Waals surface area contributed by atoms with E-state index < -0.39 is 5.97 Å². The summed E-state index contributed by atoms with van der Waals surface area (Å²) in [6, 6.07) is 16.5. The Hall–Kier alpha value is -2.82. The van der Waals surface area contributed by atoms with Crippen LogP contribution in [-0.2, 0) is 9.53 Å². The van der Waals surface area contributed by atoms with Crippen LogP contribution in [0.4, 0.5) is 0 Å². The predicted octanol–water partition coefficient (Wildman–Crippen LogP) is 4.43. The van der Waals surface area contributed by atoms with Gasteiger partial charge in [0.15, 0.2) is 6.61 Å². The van der Waals surface area contributed by atoms with E-state index in [-0.39, 0.29) is 24.6 Å². The van der Waals surface area contributed by atoms with Crippen molar-refractivity contribution >= 4 is 11.9 Å². The summed E-state index contributed by atoms with van der Waals surface area (Å²) in [5.74, 6) is 0.561. The number of benzene rings is 2. The van der Waals surface area contributed by atoms with Gasteiger partial charge in [-0.3, -0.25) is 4.79 Å². The monoisotopic (exact) mass is 367 g/mol. The number of para-hydroxylation sites is 1. The quantitative estimate of drug-likeness (QED) is 0.734. The highest BCUT2D eigenvalue weighted by Gasteiger charge is 2.29. The third kappa shape index (κ3) is 4.88. The third-order valence-corrected chi connectivity index (χ3v) is 4.86. The number of hydrogen-bond donors (Lipinski definition) is 0. The highest BCUT2D eigenvalue weighted by atomic mass is 16.5. The van der Waals surface area contributed by atoms with Gasteiger partial charge in [-0.15, -0.1) is 0 Å². The second kappa shape index (κ2) is 8.71. The van der Waals surface area contributed by atoms with Gasteiger partial charge in [0.05, 0.1) is 5.56 Å². The number of carbonyl (C=O) groups is 2. The Bertz CT molecular complexity index is 780. The number of carbonyl (C=O) groups excluding carboxylic acids is 2. The van der Waals surface area contributed by atoms with Crippen molar-refractivity contribution in [3.8, 4) is 11.5 Å². The second-order valence-electron chi connectivity index (χ2n) is 6.95. The molecule has 5 heteroatoms. The zero-order chi connectivity index (χ0) is 19.2. The minimum Gasteiger partial charge on any atom is -0.457 e. The van der Waals surface area contributed by atoms with Crippen molar-refractivity contribution in [3.05, 3.63) is 60.2 Å². The van der Waals surface area contributed by atoms with Crippen molar-refractivity contribution < 1.29 is 19.1 Å². The first-order chi connectivity index (χ1) is 13.0. The highest BCUT2D eigenvalue weighted by molar-refractivity contribution is 5.91. The van der Waals surface area contributed by atoms with Crippen LogP contribution >= 0.6 is 0 Å². The van der Waals surface area contributed by atoms with E-state index in [1.54, 1.807) is 24.3 Å². The fraction of sp³-hybridized carbons (Fsp3) is 0.364. The van der Waals surface area contributed by atoms with Gasteiger partial charge in [-0.25, -0.2) is 4.79 Å². The molecule has 5 nitrogen and oxygen atoms in total. The third-order valence-electron chi connectivity index (χ3n) is 4.86. The van der Waals surface area contributed by atoms with Gasteiger partial charge in [0, 0.05) is 12.1 Å². The van der Waals surface area contributed by atoms with E-state index in [1.807, 2.05) is 49.1 Å². The Morgan fingerprint density at radius 1 is 0.963 bits per heavy atom. The van der Waals surface area contributed by atoms with Crippen molar-refractivity contribution in [1.29, 1.82) is 0 Å². The molecule has 0 unspecified atom stereocenters. The van der Waals surface area contributed by atoms with Gasteiger partial charge in [0.25, 0.3) is 5.91 Å². The van der Waals surface area contributed by atoms with Crippen molar-refractivity contribution in [2.45, 2.75) is 45.2 Å². The number of esters is 1. The van der Waals surface area contributed by atoms with Crippen molar-refractivity contribution in [2.24, 2.45) is 0 Å². The minimum absolute atomic E-state index is 0.139. The molecule has 0 radical (unpaired) electrons. The Morgan fingerprint density at radius 3 is 2.33 bits per heavy atom. The zero-order valence-electron chi connectivity index (χ0n) is 15.8. The van der Waals surface area contributed by atoms with E-state index in [1.165, 1.54) is 0 Å². The number of amides is 1. The standard InChI is InChI=1S/C22H25NO4/c1-16-8-6-9-17(2)23(16)21(24)15-26-22(25)18-10-7-13-20(14-18)27-19-11-4-3-5-12-19/h3-5,7,10-14,16-17H,6,8-9,15H2,1-2H3/t16-,17+. The zero-order valence-corrected chi connectivity index (χ0v) is 15.8. The highest BCUT2D eigenvalue weighted by Crippen LogP contribution is 2.24. The maximum atomic E-state index is 12.5. The van der Waals surface area contributed by atoms with Gasteiger partial charge in [-0.2, -0.15) is 0 Å². The number of likely N-dealkylation sites (tertiary alicyclic amines) is 1. The Morgan fingerprint density at radius 2 is 1.63 bits per heavy atom. The number of hydrogen-bond acceptors (Lipinski definition) is 4. The molecular formula is C22H25NO4. The lowest BCUT2D eigenvalue weighted by molar-refractivity contribution is -0.140. The number of ether oxygens (including phenoxy) is 2.